The van der Waals surface area contributed by atoms with Crippen molar-refractivity contribution in [1.29, 1.82) is 0 Å². The zero-order valence-corrected chi connectivity index (χ0v) is 19.0. The molecule has 170 valence electrons. The van der Waals surface area contributed by atoms with E-state index in [9.17, 15) is 9.59 Å². The molecule has 1 fully saturated rings. The molecule has 0 aromatic heterocycles. The average molecular weight is 480 g/mol. The maximum Gasteiger partial charge on any atom is 0.272 e. The van der Waals surface area contributed by atoms with E-state index in [0.717, 1.165) is 0 Å². The fourth-order valence-electron chi connectivity index (χ4n) is 2.94. The van der Waals surface area contributed by atoms with Gasteiger partial charge in [0.15, 0.2) is 18.1 Å². The summed E-state index contributed by atoms with van der Waals surface area (Å²) in [4.78, 5) is 26.2. The molecule has 2 amide bonds. The van der Waals surface area contributed by atoms with E-state index in [1.165, 1.54) is 18.3 Å². The van der Waals surface area contributed by atoms with Gasteiger partial charge in [-0.2, -0.15) is 5.10 Å². The lowest BCUT2D eigenvalue weighted by molar-refractivity contribution is -0.137. The molecular formula is C22H23Cl2N3O5. The first-order valence-corrected chi connectivity index (χ1v) is 10.8. The van der Waals surface area contributed by atoms with E-state index in [0.29, 0.717) is 55.0 Å². The molecule has 3 rings (SSSR count). The minimum atomic E-state index is -0.463. The summed E-state index contributed by atoms with van der Waals surface area (Å²) in [5.41, 5.74) is 3.35. The van der Waals surface area contributed by atoms with Crippen LogP contribution in [0, 0.1) is 0 Å². The predicted molar refractivity (Wildman–Crippen MR) is 122 cm³/mol. The number of carbonyl (C=O) groups is 2. The van der Waals surface area contributed by atoms with Gasteiger partial charge in [0.25, 0.3) is 11.8 Å². The molecular weight excluding hydrogens is 457 g/mol. The summed E-state index contributed by atoms with van der Waals surface area (Å²) in [6.07, 6.45) is 1.47. The number of hydrogen-bond donors (Lipinski definition) is 1. The Hall–Kier alpha value is -2.81. The molecule has 0 bridgehead atoms. The number of morpholine rings is 1. The fourth-order valence-corrected chi connectivity index (χ4v) is 3.43. The van der Waals surface area contributed by atoms with Crippen molar-refractivity contribution in [2.75, 3.05) is 39.5 Å². The molecule has 32 heavy (non-hydrogen) atoms. The highest BCUT2D eigenvalue weighted by molar-refractivity contribution is 6.36. The number of amides is 2. The van der Waals surface area contributed by atoms with Gasteiger partial charge in [0, 0.05) is 18.1 Å². The van der Waals surface area contributed by atoms with Gasteiger partial charge >= 0.3 is 0 Å². The minimum absolute atomic E-state index is 0.0918. The van der Waals surface area contributed by atoms with Crippen LogP contribution < -0.4 is 14.9 Å². The number of halogens is 2. The van der Waals surface area contributed by atoms with Crippen LogP contribution in [-0.2, 0) is 9.53 Å². The highest BCUT2D eigenvalue weighted by Gasteiger charge is 2.18. The molecule has 1 aliphatic rings. The van der Waals surface area contributed by atoms with Gasteiger partial charge in [0.2, 0.25) is 0 Å². The van der Waals surface area contributed by atoms with Gasteiger partial charge in [-0.3, -0.25) is 9.59 Å². The first kappa shape index (κ1) is 23.8. The molecule has 2 aromatic carbocycles. The van der Waals surface area contributed by atoms with Crippen molar-refractivity contribution >= 4 is 41.2 Å². The quantitative estimate of drug-likeness (QED) is 0.462. The number of nitrogens with zero attached hydrogens (tertiary/aromatic N) is 2. The van der Waals surface area contributed by atoms with Crippen LogP contribution in [0.15, 0.2) is 41.5 Å². The van der Waals surface area contributed by atoms with E-state index < -0.39 is 5.91 Å². The first-order chi connectivity index (χ1) is 15.5. The Morgan fingerprint density at radius 1 is 1.12 bits per heavy atom. The molecule has 1 heterocycles. The molecule has 1 aliphatic heterocycles. The zero-order valence-electron chi connectivity index (χ0n) is 17.5. The van der Waals surface area contributed by atoms with Crippen LogP contribution in [0.5, 0.6) is 11.5 Å². The summed E-state index contributed by atoms with van der Waals surface area (Å²) in [6.45, 7) is 4.35. The molecule has 0 aliphatic carbocycles. The number of ether oxygens (including phenoxy) is 3. The number of benzene rings is 2. The summed E-state index contributed by atoms with van der Waals surface area (Å²) in [7, 11) is 0. The standard InChI is InChI=1S/C22H23Cl2N3O5/c1-2-31-20-11-15(13-25-26-22(29)17-5-4-16(23)12-18(17)24)3-6-19(20)32-14-21(28)27-7-9-30-10-8-27/h3-6,11-13H,2,7-10,14H2,1H3,(H,26,29)/b25-13-. The van der Waals surface area contributed by atoms with Crippen molar-refractivity contribution in [3.63, 3.8) is 0 Å². The maximum absolute atomic E-state index is 12.3. The van der Waals surface area contributed by atoms with Crippen LogP contribution >= 0.6 is 23.2 Å². The van der Waals surface area contributed by atoms with E-state index >= 15 is 0 Å². The van der Waals surface area contributed by atoms with Gasteiger partial charge in [0.05, 0.1) is 36.6 Å². The largest absolute Gasteiger partial charge is 0.490 e. The van der Waals surface area contributed by atoms with Gasteiger partial charge in [-0.15, -0.1) is 0 Å². The molecule has 8 nitrogen and oxygen atoms in total. The lowest BCUT2D eigenvalue weighted by Crippen LogP contribution is -2.43. The van der Waals surface area contributed by atoms with E-state index in [1.807, 2.05) is 6.92 Å². The number of carbonyl (C=O) groups excluding carboxylic acids is 2. The Kier molecular flexibility index (Phi) is 8.72. The van der Waals surface area contributed by atoms with E-state index in [4.69, 9.17) is 37.4 Å². The third kappa shape index (κ3) is 6.59. The summed E-state index contributed by atoms with van der Waals surface area (Å²) < 4.78 is 16.6. The molecule has 2 aromatic rings. The van der Waals surface area contributed by atoms with Crippen molar-refractivity contribution in [3.05, 3.63) is 57.6 Å². The second kappa shape index (κ2) is 11.7. The highest BCUT2D eigenvalue weighted by atomic mass is 35.5. The zero-order chi connectivity index (χ0) is 22.9. The smallest absolute Gasteiger partial charge is 0.272 e. The van der Waals surface area contributed by atoms with Gasteiger partial charge in [-0.1, -0.05) is 23.2 Å². The molecule has 0 radical (unpaired) electrons. The Morgan fingerprint density at radius 3 is 2.62 bits per heavy atom. The SMILES string of the molecule is CCOc1cc(/C=N\NC(=O)c2ccc(Cl)cc2Cl)ccc1OCC(=O)N1CCOCC1. The minimum Gasteiger partial charge on any atom is -0.490 e. The van der Waals surface area contributed by atoms with Crippen LogP contribution in [-0.4, -0.2) is 62.4 Å². The van der Waals surface area contributed by atoms with Crippen molar-refractivity contribution in [1.82, 2.24) is 10.3 Å². The van der Waals surface area contributed by atoms with Crippen LogP contribution in [0.3, 0.4) is 0 Å². The van der Waals surface area contributed by atoms with Crippen LogP contribution in [0.4, 0.5) is 0 Å². The van der Waals surface area contributed by atoms with Crippen LogP contribution in [0.1, 0.15) is 22.8 Å². The predicted octanol–water partition coefficient (Wildman–Crippen LogP) is 3.39. The van der Waals surface area contributed by atoms with Crippen molar-refractivity contribution in [3.8, 4) is 11.5 Å². The van der Waals surface area contributed by atoms with E-state index in [1.54, 1.807) is 29.2 Å². The van der Waals surface area contributed by atoms with Gasteiger partial charge < -0.3 is 19.1 Å². The average Bonchev–Trinajstić information content (AvgIpc) is 2.79. The Balaban J connectivity index is 1.61. The first-order valence-electron chi connectivity index (χ1n) is 10.0. The molecule has 0 saturated carbocycles. The normalized spacial score (nSPS) is 13.8. The topological polar surface area (TPSA) is 89.5 Å². The van der Waals surface area contributed by atoms with Crippen molar-refractivity contribution < 1.29 is 23.8 Å². The van der Waals surface area contributed by atoms with E-state index in [-0.39, 0.29) is 23.1 Å². The second-order valence-electron chi connectivity index (χ2n) is 6.74. The lowest BCUT2D eigenvalue weighted by atomic mass is 10.2. The van der Waals surface area contributed by atoms with Crippen LogP contribution in [0.2, 0.25) is 10.0 Å². The third-order valence-corrected chi connectivity index (χ3v) is 5.09. The molecule has 1 N–H and O–H groups in total. The third-order valence-electron chi connectivity index (χ3n) is 4.54. The Morgan fingerprint density at radius 2 is 1.91 bits per heavy atom. The second-order valence-corrected chi connectivity index (χ2v) is 7.59. The Labute approximate surface area is 196 Å². The molecule has 0 spiro atoms. The summed E-state index contributed by atoms with van der Waals surface area (Å²) in [6, 6.07) is 9.72. The van der Waals surface area contributed by atoms with Crippen molar-refractivity contribution in [2.45, 2.75) is 6.92 Å². The monoisotopic (exact) mass is 479 g/mol. The summed E-state index contributed by atoms with van der Waals surface area (Å²) in [5, 5.41) is 4.63. The van der Waals surface area contributed by atoms with Crippen LogP contribution in [0.25, 0.3) is 0 Å². The molecule has 1 saturated heterocycles. The lowest BCUT2D eigenvalue weighted by Gasteiger charge is -2.26. The molecule has 0 unspecified atom stereocenters. The Bertz CT molecular complexity index is 994. The van der Waals surface area contributed by atoms with Gasteiger partial charge in [-0.25, -0.2) is 5.43 Å². The van der Waals surface area contributed by atoms with Crippen molar-refractivity contribution in [2.24, 2.45) is 5.10 Å². The number of hydrogen-bond acceptors (Lipinski definition) is 6. The highest BCUT2D eigenvalue weighted by Crippen LogP contribution is 2.28. The fraction of sp³-hybridized carbons (Fsp3) is 0.318. The van der Waals surface area contributed by atoms with Gasteiger partial charge in [0.1, 0.15) is 0 Å². The molecule has 0 atom stereocenters. The summed E-state index contributed by atoms with van der Waals surface area (Å²) >= 11 is 11.9. The number of hydrazone groups is 1. The summed E-state index contributed by atoms with van der Waals surface area (Å²) in [5.74, 6) is 0.348. The number of rotatable bonds is 8. The number of nitrogens with one attached hydrogen (secondary N) is 1. The van der Waals surface area contributed by atoms with Gasteiger partial charge in [-0.05, 0) is 48.9 Å². The molecule has 10 heteroatoms. The maximum atomic E-state index is 12.3. The van der Waals surface area contributed by atoms with E-state index in [2.05, 4.69) is 10.5 Å².